The summed E-state index contributed by atoms with van der Waals surface area (Å²) in [4.78, 5) is 4.83. The van der Waals surface area contributed by atoms with Crippen LogP contribution in [-0.2, 0) is 0 Å². The molecule has 0 radical (unpaired) electrons. The van der Waals surface area contributed by atoms with Crippen molar-refractivity contribution < 1.29 is 0 Å². The first-order chi connectivity index (χ1) is 11.3. The molecule has 0 saturated carbocycles. The van der Waals surface area contributed by atoms with E-state index < -0.39 is 0 Å². The molecule has 0 aromatic heterocycles. The van der Waals surface area contributed by atoms with Crippen molar-refractivity contribution in [1.29, 1.82) is 0 Å². The Kier molecular flexibility index (Phi) is 4.16. The number of hydrogen-bond donors (Lipinski definition) is 0. The zero-order valence-electron chi connectivity index (χ0n) is 15.8. The summed E-state index contributed by atoms with van der Waals surface area (Å²) >= 11 is 0. The minimum atomic E-state index is 0.869. The Morgan fingerprint density at radius 1 is 0.708 bits per heavy atom. The number of anilines is 2. The van der Waals surface area contributed by atoms with Gasteiger partial charge in [-0.2, -0.15) is 0 Å². The highest BCUT2D eigenvalue weighted by molar-refractivity contribution is 5.70. The molecule has 1 saturated heterocycles. The van der Waals surface area contributed by atoms with Gasteiger partial charge in [-0.3, -0.25) is 0 Å². The van der Waals surface area contributed by atoms with Gasteiger partial charge in [0.1, 0.15) is 0 Å². The maximum Gasteiger partial charge on any atom is 0.0953 e. The van der Waals surface area contributed by atoms with Crippen molar-refractivity contribution in [2.24, 2.45) is 0 Å². The third-order valence-electron chi connectivity index (χ3n) is 4.92. The molecule has 1 aliphatic rings. The van der Waals surface area contributed by atoms with Crippen molar-refractivity contribution in [2.45, 2.75) is 41.5 Å². The van der Waals surface area contributed by atoms with Gasteiger partial charge in [-0.1, -0.05) is 42.0 Å². The molecule has 126 valence electrons. The average molecular weight is 320 g/mol. The molecule has 3 rings (SSSR count). The first-order valence-electron chi connectivity index (χ1n) is 8.64. The SMILES string of the molecule is C=C1CN(c2c(C)cc(C)cc2C)CN1c1c(C)cc(C)cc1C. The summed E-state index contributed by atoms with van der Waals surface area (Å²) in [6.45, 7) is 19.3. The summed E-state index contributed by atoms with van der Waals surface area (Å²) in [5.74, 6) is 0. The molecule has 1 aliphatic heterocycles. The van der Waals surface area contributed by atoms with Crippen LogP contribution in [0.5, 0.6) is 0 Å². The smallest absolute Gasteiger partial charge is 0.0953 e. The minimum Gasteiger partial charge on any atom is -0.347 e. The van der Waals surface area contributed by atoms with Gasteiger partial charge < -0.3 is 9.80 Å². The molecule has 0 unspecified atom stereocenters. The Hall–Kier alpha value is -2.22. The van der Waals surface area contributed by atoms with Gasteiger partial charge in [0.05, 0.1) is 13.2 Å². The molecule has 0 atom stereocenters. The van der Waals surface area contributed by atoms with Crippen molar-refractivity contribution in [2.75, 3.05) is 23.0 Å². The summed E-state index contributed by atoms with van der Waals surface area (Å²) in [5.41, 5.74) is 11.8. The maximum atomic E-state index is 4.35. The van der Waals surface area contributed by atoms with E-state index in [2.05, 4.69) is 82.2 Å². The molecule has 2 aromatic carbocycles. The van der Waals surface area contributed by atoms with E-state index in [1.165, 1.54) is 50.5 Å². The predicted molar refractivity (Wildman–Crippen MR) is 105 cm³/mol. The van der Waals surface area contributed by atoms with Crippen LogP contribution in [0.1, 0.15) is 33.4 Å². The summed E-state index contributed by atoms with van der Waals surface area (Å²) in [5, 5.41) is 0. The van der Waals surface area contributed by atoms with Gasteiger partial charge in [0.25, 0.3) is 0 Å². The zero-order valence-corrected chi connectivity index (χ0v) is 15.8. The standard InChI is InChI=1S/C22H28N2/c1-14-8-16(3)21(17(4)9-14)23-12-20(7)24(13-23)22-18(5)10-15(2)11-19(22)6/h8-11H,7,12-13H2,1-6H3. The summed E-state index contributed by atoms with van der Waals surface area (Å²) in [7, 11) is 0. The fraction of sp³-hybridized carbons (Fsp3) is 0.364. The molecule has 0 spiro atoms. The van der Waals surface area contributed by atoms with Crippen LogP contribution in [0.3, 0.4) is 0 Å². The van der Waals surface area contributed by atoms with E-state index in [-0.39, 0.29) is 0 Å². The molecule has 0 N–H and O–H groups in total. The molecular weight excluding hydrogens is 292 g/mol. The van der Waals surface area contributed by atoms with Crippen LogP contribution in [0.25, 0.3) is 0 Å². The second-order valence-corrected chi connectivity index (χ2v) is 7.33. The minimum absolute atomic E-state index is 0.869. The van der Waals surface area contributed by atoms with Gasteiger partial charge in [0.2, 0.25) is 0 Å². The van der Waals surface area contributed by atoms with Crippen molar-refractivity contribution >= 4 is 11.4 Å². The number of rotatable bonds is 2. The van der Waals surface area contributed by atoms with Crippen molar-refractivity contribution in [3.8, 4) is 0 Å². The molecule has 24 heavy (non-hydrogen) atoms. The van der Waals surface area contributed by atoms with E-state index >= 15 is 0 Å². The van der Waals surface area contributed by atoms with Gasteiger partial charge in [-0.25, -0.2) is 0 Å². The van der Waals surface area contributed by atoms with E-state index in [1.807, 2.05) is 0 Å². The topological polar surface area (TPSA) is 6.48 Å². The van der Waals surface area contributed by atoms with E-state index in [1.54, 1.807) is 0 Å². The molecule has 2 heteroatoms. The van der Waals surface area contributed by atoms with Crippen LogP contribution in [0.2, 0.25) is 0 Å². The molecule has 0 bridgehead atoms. The number of aryl methyl sites for hydroxylation is 6. The van der Waals surface area contributed by atoms with E-state index in [4.69, 9.17) is 0 Å². The number of hydrogen-bond acceptors (Lipinski definition) is 2. The maximum absolute atomic E-state index is 4.35. The quantitative estimate of drug-likeness (QED) is 0.737. The lowest BCUT2D eigenvalue weighted by Crippen LogP contribution is -2.26. The van der Waals surface area contributed by atoms with Gasteiger partial charge in [-0.05, 0) is 63.8 Å². The Bertz CT molecular complexity index is 771. The first-order valence-corrected chi connectivity index (χ1v) is 8.64. The molecule has 0 aliphatic carbocycles. The second-order valence-electron chi connectivity index (χ2n) is 7.33. The lowest BCUT2D eigenvalue weighted by atomic mass is 10.0. The van der Waals surface area contributed by atoms with Gasteiger partial charge in [-0.15, -0.1) is 0 Å². The fourth-order valence-electron chi connectivity index (χ4n) is 4.27. The Labute approximate surface area is 146 Å². The second kappa shape index (κ2) is 6.01. The molecule has 2 aromatic rings. The van der Waals surface area contributed by atoms with E-state index in [0.29, 0.717) is 0 Å². The monoisotopic (exact) mass is 320 g/mol. The summed E-state index contributed by atoms with van der Waals surface area (Å²) in [6, 6.07) is 9.08. The van der Waals surface area contributed by atoms with Crippen LogP contribution in [-0.4, -0.2) is 13.2 Å². The van der Waals surface area contributed by atoms with Crippen molar-refractivity contribution in [1.82, 2.24) is 0 Å². The fourth-order valence-corrected chi connectivity index (χ4v) is 4.27. The largest absolute Gasteiger partial charge is 0.347 e. The first kappa shape index (κ1) is 16.6. The van der Waals surface area contributed by atoms with Gasteiger partial charge in [0, 0.05) is 17.1 Å². The van der Waals surface area contributed by atoms with E-state index in [9.17, 15) is 0 Å². The molecule has 1 heterocycles. The highest BCUT2D eigenvalue weighted by Gasteiger charge is 2.28. The molecule has 1 fully saturated rings. The number of nitrogens with zero attached hydrogens (tertiary/aromatic N) is 2. The Morgan fingerprint density at radius 3 is 1.58 bits per heavy atom. The van der Waals surface area contributed by atoms with Crippen LogP contribution in [0.15, 0.2) is 36.5 Å². The molecular formula is C22H28N2. The number of benzene rings is 2. The molecule has 0 amide bonds. The van der Waals surface area contributed by atoms with Crippen LogP contribution in [0.4, 0.5) is 11.4 Å². The van der Waals surface area contributed by atoms with Crippen molar-refractivity contribution in [3.63, 3.8) is 0 Å². The Balaban J connectivity index is 1.98. The lowest BCUT2D eigenvalue weighted by molar-refractivity contribution is 0.935. The van der Waals surface area contributed by atoms with Gasteiger partial charge >= 0.3 is 0 Å². The Morgan fingerprint density at radius 2 is 1.12 bits per heavy atom. The highest BCUT2D eigenvalue weighted by Crippen LogP contribution is 2.36. The highest BCUT2D eigenvalue weighted by atomic mass is 15.4. The normalized spacial score (nSPS) is 14.7. The van der Waals surface area contributed by atoms with Crippen LogP contribution in [0, 0.1) is 41.5 Å². The third-order valence-corrected chi connectivity index (χ3v) is 4.92. The molecule has 2 nitrogen and oxygen atoms in total. The van der Waals surface area contributed by atoms with Crippen molar-refractivity contribution in [3.05, 3.63) is 69.9 Å². The van der Waals surface area contributed by atoms with E-state index in [0.717, 1.165) is 13.2 Å². The zero-order chi connectivity index (χ0) is 17.6. The van der Waals surface area contributed by atoms with Crippen LogP contribution < -0.4 is 9.80 Å². The van der Waals surface area contributed by atoms with Crippen LogP contribution >= 0.6 is 0 Å². The lowest BCUT2D eigenvalue weighted by Gasteiger charge is -2.26. The summed E-state index contributed by atoms with van der Waals surface area (Å²) < 4.78 is 0. The predicted octanol–water partition coefficient (Wildman–Crippen LogP) is 5.33. The van der Waals surface area contributed by atoms with Gasteiger partial charge in [0.15, 0.2) is 0 Å². The summed E-state index contributed by atoms with van der Waals surface area (Å²) in [6.07, 6.45) is 0. The third kappa shape index (κ3) is 2.82. The average Bonchev–Trinajstić information content (AvgIpc) is 2.78.